The van der Waals surface area contributed by atoms with Gasteiger partial charge in [0.25, 0.3) is 0 Å². The van der Waals surface area contributed by atoms with Crippen LogP contribution in [0.5, 0.6) is 11.5 Å². The number of hydrogen-bond acceptors (Lipinski definition) is 3. The molecule has 0 bridgehead atoms. The molecule has 4 nitrogen and oxygen atoms in total. The molecule has 5 heteroatoms. The molecule has 0 heterocycles. The van der Waals surface area contributed by atoms with Crippen molar-refractivity contribution >= 4 is 28.0 Å². The van der Waals surface area contributed by atoms with Crippen molar-refractivity contribution in [1.82, 2.24) is 0 Å². The molecule has 0 unspecified atom stereocenters. The second-order valence-corrected chi connectivity index (χ2v) is 3.76. The molecule has 0 spiro atoms. The third-order valence-electron chi connectivity index (χ3n) is 1.87. The van der Waals surface area contributed by atoms with Crippen LogP contribution in [0.3, 0.4) is 0 Å². The van der Waals surface area contributed by atoms with Crippen LogP contribution >= 0.6 is 15.9 Å². The molecule has 0 saturated heterocycles. The molecule has 0 fully saturated rings. The molecule has 0 aliphatic heterocycles. The highest BCUT2D eigenvalue weighted by Crippen LogP contribution is 2.36. The summed E-state index contributed by atoms with van der Waals surface area (Å²) < 4.78 is 11.0. The SMILES string of the molecule is COc1cc(/C=C/C(=O)O)cc(Br)c1OC. The lowest BCUT2D eigenvalue weighted by Crippen LogP contribution is -1.92. The van der Waals surface area contributed by atoms with E-state index in [1.807, 2.05) is 0 Å². The molecule has 1 aromatic rings. The number of rotatable bonds is 4. The number of hydrogen-bond donors (Lipinski definition) is 1. The van der Waals surface area contributed by atoms with Crippen LogP contribution in [0.25, 0.3) is 6.08 Å². The summed E-state index contributed by atoms with van der Waals surface area (Å²) in [6, 6.07) is 3.45. The molecule has 0 aliphatic carbocycles. The Morgan fingerprint density at radius 1 is 1.38 bits per heavy atom. The highest BCUT2D eigenvalue weighted by Gasteiger charge is 2.09. The van der Waals surface area contributed by atoms with Crippen molar-refractivity contribution in [1.29, 1.82) is 0 Å². The lowest BCUT2D eigenvalue weighted by Gasteiger charge is -2.10. The Labute approximate surface area is 102 Å². The molecule has 1 rings (SSSR count). The van der Waals surface area contributed by atoms with Gasteiger partial charge in [-0.3, -0.25) is 0 Å². The minimum absolute atomic E-state index is 0.543. The maximum absolute atomic E-state index is 10.4. The Balaban J connectivity index is 3.15. The van der Waals surface area contributed by atoms with E-state index in [1.165, 1.54) is 20.3 Å². The van der Waals surface area contributed by atoms with E-state index in [1.54, 1.807) is 12.1 Å². The summed E-state index contributed by atoms with van der Waals surface area (Å²) in [6.07, 6.45) is 2.54. The van der Waals surface area contributed by atoms with Crippen molar-refractivity contribution in [3.63, 3.8) is 0 Å². The second kappa shape index (κ2) is 5.55. The zero-order valence-electron chi connectivity index (χ0n) is 8.86. The highest BCUT2D eigenvalue weighted by atomic mass is 79.9. The minimum atomic E-state index is -0.995. The van der Waals surface area contributed by atoms with E-state index in [-0.39, 0.29) is 0 Å². The number of aliphatic carboxylic acids is 1. The number of carboxylic acid groups (broad SMARTS) is 1. The maximum Gasteiger partial charge on any atom is 0.328 e. The molecule has 0 amide bonds. The first-order chi connectivity index (χ1) is 7.58. The second-order valence-electron chi connectivity index (χ2n) is 2.91. The fourth-order valence-electron chi connectivity index (χ4n) is 1.20. The van der Waals surface area contributed by atoms with Crippen LogP contribution in [0.1, 0.15) is 5.56 Å². The molecule has 0 saturated carbocycles. The summed E-state index contributed by atoms with van der Waals surface area (Å²) >= 11 is 3.32. The lowest BCUT2D eigenvalue weighted by molar-refractivity contribution is -0.131. The molecule has 86 valence electrons. The number of methoxy groups -OCH3 is 2. The minimum Gasteiger partial charge on any atom is -0.493 e. The van der Waals surface area contributed by atoms with Gasteiger partial charge in [-0.15, -0.1) is 0 Å². The molecule has 0 aromatic heterocycles. The van der Waals surface area contributed by atoms with Gasteiger partial charge in [0.1, 0.15) is 0 Å². The van der Waals surface area contributed by atoms with Gasteiger partial charge in [0, 0.05) is 6.08 Å². The van der Waals surface area contributed by atoms with Crippen molar-refractivity contribution in [3.8, 4) is 11.5 Å². The number of carbonyl (C=O) groups is 1. The smallest absolute Gasteiger partial charge is 0.328 e. The van der Waals surface area contributed by atoms with E-state index in [0.717, 1.165) is 6.08 Å². The van der Waals surface area contributed by atoms with Crippen LogP contribution in [0.15, 0.2) is 22.7 Å². The van der Waals surface area contributed by atoms with Crippen molar-refractivity contribution in [2.45, 2.75) is 0 Å². The third kappa shape index (κ3) is 3.00. The van der Waals surface area contributed by atoms with Gasteiger partial charge in [0.05, 0.1) is 18.7 Å². The Morgan fingerprint density at radius 3 is 2.56 bits per heavy atom. The molecular formula is C11H11BrO4. The molecular weight excluding hydrogens is 276 g/mol. The van der Waals surface area contributed by atoms with Crippen molar-refractivity contribution < 1.29 is 19.4 Å². The van der Waals surface area contributed by atoms with Gasteiger partial charge in [0.15, 0.2) is 11.5 Å². The molecule has 16 heavy (non-hydrogen) atoms. The quantitative estimate of drug-likeness (QED) is 0.865. The summed E-state index contributed by atoms with van der Waals surface area (Å²) in [7, 11) is 3.06. The number of ether oxygens (including phenoxy) is 2. The van der Waals surface area contributed by atoms with Crippen LogP contribution in [0.2, 0.25) is 0 Å². The zero-order valence-corrected chi connectivity index (χ0v) is 10.4. The average molecular weight is 287 g/mol. The van der Waals surface area contributed by atoms with Crippen LogP contribution in [-0.4, -0.2) is 25.3 Å². The summed E-state index contributed by atoms with van der Waals surface area (Å²) in [5, 5.41) is 8.52. The standard InChI is InChI=1S/C11H11BrO4/c1-15-9-6-7(3-4-10(13)14)5-8(12)11(9)16-2/h3-6H,1-2H3,(H,13,14)/b4-3+. The van der Waals surface area contributed by atoms with Crippen LogP contribution in [-0.2, 0) is 4.79 Å². The Bertz CT molecular complexity index is 426. The van der Waals surface area contributed by atoms with Gasteiger partial charge in [-0.05, 0) is 39.7 Å². The Kier molecular flexibility index (Phi) is 4.37. The van der Waals surface area contributed by atoms with Crippen LogP contribution in [0, 0.1) is 0 Å². The monoisotopic (exact) mass is 286 g/mol. The average Bonchev–Trinajstić information content (AvgIpc) is 2.25. The summed E-state index contributed by atoms with van der Waals surface area (Å²) in [4.78, 5) is 10.4. The van der Waals surface area contributed by atoms with E-state index in [0.29, 0.717) is 21.5 Å². The Hall–Kier alpha value is -1.49. The van der Waals surface area contributed by atoms with Gasteiger partial charge in [-0.2, -0.15) is 0 Å². The van der Waals surface area contributed by atoms with Gasteiger partial charge in [0.2, 0.25) is 0 Å². The first kappa shape index (κ1) is 12.6. The Morgan fingerprint density at radius 2 is 2.06 bits per heavy atom. The third-order valence-corrected chi connectivity index (χ3v) is 2.46. The number of benzene rings is 1. The summed E-state index contributed by atoms with van der Waals surface area (Å²) in [6.45, 7) is 0. The van der Waals surface area contributed by atoms with Gasteiger partial charge >= 0.3 is 5.97 Å². The van der Waals surface area contributed by atoms with Crippen molar-refractivity contribution in [2.75, 3.05) is 14.2 Å². The van der Waals surface area contributed by atoms with E-state index in [9.17, 15) is 4.79 Å². The molecule has 0 radical (unpaired) electrons. The predicted molar refractivity (Wildman–Crippen MR) is 63.9 cm³/mol. The van der Waals surface area contributed by atoms with Gasteiger partial charge in [-0.25, -0.2) is 4.79 Å². The summed E-state index contributed by atoms with van der Waals surface area (Å²) in [5.74, 6) is 0.128. The van der Waals surface area contributed by atoms with Gasteiger partial charge in [-0.1, -0.05) is 0 Å². The molecule has 1 N–H and O–H groups in total. The van der Waals surface area contributed by atoms with E-state index >= 15 is 0 Å². The zero-order chi connectivity index (χ0) is 12.1. The fourth-order valence-corrected chi connectivity index (χ4v) is 1.82. The van der Waals surface area contributed by atoms with E-state index in [2.05, 4.69) is 15.9 Å². The van der Waals surface area contributed by atoms with Crippen LogP contribution in [0.4, 0.5) is 0 Å². The molecule has 0 atom stereocenters. The normalized spacial score (nSPS) is 10.4. The highest BCUT2D eigenvalue weighted by molar-refractivity contribution is 9.10. The van der Waals surface area contributed by atoms with Crippen molar-refractivity contribution in [2.24, 2.45) is 0 Å². The molecule has 0 aliphatic rings. The van der Waals surface area contributed by atoms with E-state index < -0.39 is 5.97 Å². The fraction of sp³-hybridized carbons (Fsp3) is 0.182. The maximum atomic E-state index is 10.4. The van der Waals surface area contributed by atoms with Gasteiger partial charge < -0.3 is 14.6 Å². The van der Waals surface area contributed by atoms with E-state index in [4.69, 9.17) is 14.6 Å². The molecule has 1 aromatic carbocycles. The largest absolute Gasteiger partial charge is 0.493 e. The lowest BCUT2D eigenvalue weighted by atomic mass is 10.2. The number of halogens is 1. The first-order valence-corrected chi connectivity index (χ1v) is 5.20. The number of carboxylic acids is 1. The topological polar surface area (TPSA) is 55.8 Å². The van der Waals surface area contributed by atoms with Crippen LogP contribution < -0.4 is 9.47 Å². The first-order valence-electron chi connectivity index (χ1n) is 4.41. The summed E-state index contributed by atoms with van der Waals surface area (Å²) in [5.41, 5.74) is 0.715. The van der Waals surface area contributed by atoms with Crippen molar-refractivity contribution in [3.05, 3.63) is 28.2 Å². The predicted octanol–water partition coefficient (Wildman–Crippen LogP) is 2.56.